The van der Waals surface area contributed by atoms with Crippen LogP contribution < -0.4 is 0 Å². The van der Waals surface area contributed by atoms with Gasteiger partial charge in [-0.2, -0.15) is 15.0 Å². The van der Waals surface area contributed by atoms with Gasteiger partial charge in [0.1, 0.15) is 16.7 Å². The number of benzene rings is 1. The Morgan fingerprint density at radius 3 is 2.38 bits per heavy atom. The zero-order valence-electron chi connectivity index (χ0n) is 10.9. The molecule has 0 aliphatic heterocycles. The second kappa shape index (κ2) is 5.67. The van der Waals surface area contributed by atoms with Crippen LogP contribution in [0.4, 0.5) is 8.78 Å². The topological polar surface area (TPSA) is 43.6 Å². The highest BCUT2D eigenvalue weighted by atomic mass is 19.2. The van der Waals surface area contributed by atoms with E-state index in [-0.39, 0.29) is 0 Å². The van der Waals surface area contributed by atoms with E-state index < -0.39 is 11.6 Å². The summed E-state index contributed by atoms with van der Waals surface area (Å²) in [4.78, 5) is 5.47. The van der Waals surface area contributed by atoms with E-state index >= 15 is 0 Å². The standard InChI is InChI=1S/C15H10F2N4/c16-12-9-14-15(10-13(12)17)20-21(19-14)8-4-2-6-11-5-1-3-7-18-11/h1,3,5,7,9-10H,4,8H2. The van der Waals surface area contributed by atoms with E-state index in [1.54, 1.807) is 6.20 Å². The van der Waals surface area contributed by atoms with Gasteiger partial charge in [-0.25, -0.2) is 13.8 Å². The van der Waals surface area contributed by atoms with Gasteiger partial charge in [0.05, 0.1) is 6.54 Å². The molecule has 104 valence electrons. The maximum atomic E-state index is 13.1. The molecule has 0 aliphatic rings. The van der Waals surface area contributed by atoms with Crippen LogP contribution in [-0.4, -0.2) is 20.0 Å². The molecule has 0 spiro atoms. The summed E-state index contributed by atoms with van der Waals surface area (Å²) in [6.45, 7) is 0.442. The first-order valence-electron chi connectivity index (χ1n) is 6.32. The second-order valence-corrected chi connectivity index (χ2v) is 4.32. The fourth-order valence-corrected chi connectivity index (χ4v) is 1.80. The van der Waals surface area contributed by atoms with Gasteiger partial charge in [0.15, 0.2) is 11.6 Å². The summed E-state index contributed by atoms with van der Waals surface area (Å²) in [6.07, 6.45) is 2.19. The lowest BCUT2D eigenvalue weighted by molar-refractivity contribution is 0.510. The highest BCUT2D eigenvalue weighted by Gasteiger charge is 2.08. The molecule has 4 nitrogen and oxygen atoms in total. The summed E-state index contributed by atoms with van der Waals surface area (Å²) < 4.78 is 26.1. The fourth-order valence-electron chi connectivity index (χ4n) is 1.80. The minimum absolute atomic E-state index is 0.326. The minimum atomic E-state index is -0.926. The van der Waals surface area contributed by atoms with Crippen molar-refractivity contribution in [1.82, 2.24) is 20.0 Å². The molecule has 0 fully saturated rings. The van der Waals surface area contributed by atoms with Crippen molar-refractivity contribution in [3.63, 3.8) is 0 Å². The van der Waals surface area contributed by atoms with E-state index in [1.165, 1.54) is 4.80 Å². The number of aromatic nitrogens is 4. The lowest BCUT2D eigenvalue weighted by Crippen LogP contribution is -2.01. The third kappa shape index (κ3) is 3.03. The maximum absolute atomic E-state index is 13.1. The van der Waals surface area contributed by atoms with Crippen LogP contribution in [0.25, 0.3) is 11.0 Å². The van der Waals surface area contributed by atoms with Crippen molar-refractivity contribution in [2.75, 3.05) is 0 Å². The summed E-state index contributed by atoms with van der Waals surface area (Å²) in [6, 6.07) is 7.57. The van der Waals surface area contributed by atoms with Crippen LogP contribution in [0.15, 0.2) is 36.5 Å². The number of nitrogens with zero attached hydrogens (tertiary/aromatic N) is 4. The van der Waals surface area contributed by atoms with Crippen molar-refractivity contribution in [3.05, 3.63) is 53.9 Å². The molecule has 0 bridgehead atoms. The summed E-state index contributed by atoms with van der Waals surface area (Å²) in [7, 11) is 0. The number of halogens is 2. The third-order valence-corrected chi connectivity index (χ3v) is 2.78. The molecule has 6 heteroatoms. The number of pyridine rings is 1. The molecular formula is C15H10F2N4. The Morgan fingerprint density at radius 2 is 1.76 bits per heavy atom. The van der Waals surface area contributed by atoms with Crippen LogP contribution in [0.1, 0.15) is 12.1 Å². The first-order valence-corrected chi connectivity index (χ1v) is 6.32. The summed E-state index contributed by atoms with van der Waals surface area (Å²) in [5, 5.41) is 8.15. The summed E-state index contributed by atoms with van der Waals surface area (Å²) in [5.41, 5.74) is 1.35. The van der Waals surface area contributed by atoms with Crippen molar-refractivity contribution in [2.24, 2.45) is 0 Å². The van der Waals surface area contributed by atoms with Gasteiger partial charge in [-0.1, -0.05) is 12.0 Å². The Morgan fingerprint density at radius 1 is 1.05 bits per heavy atom. The highest BCUT2D eigenvalue weighted by Crippen LogP contribution is 2.14. The Balaban J connectivity index is 1.70. The van der Waals surface area contributed by atoms with Crippen molar-refractivity contribution in [1.29, 1.82) is 0 Å². The van der Waals surface area contributed by atoms with Crippen LogP contribution in [0, 0.1) is 23.5 Å². The van der Waals surface area contributed by atoms with Gasteiger partial charge in [0.25, 0.3) is 0 Å². The average Bonchev–Trinajstić information content (AvgIpc) is 2.87. The number of rotatable bonds is 2. The predicted molar refractivity (Wildman–Crippen MR) is 73.2 cm³/mol. The number of aryl methyl sites for hydroxylation is 1. The van der Waals surface area contributed by atoms with Gasteiger partial charge in [-0.15, -0.1) is 0 Å². The molecule has 0 N–H and O–H groups in total. The van der Waals surface area contributed by atoms with Gasteiger partial charge in [0.2, 0.25) is 0 Å². The molecule has 0 saturated carbocycles. The Hall–Kier alpha value is -2.81. The van der Waals surface area contributed by atoms with Crippen molar-refractivity contribution in [2.45, 2.75) is 13.0 Å². The lowest BCUT2D eigenvalue weighted by Gasteiger charge is -1.92. The molecular weight excluding hydrogens is 274 g/mol. The molecule has 0 saturated heterocycles. The third-order valence-electron chi connectivity index (χ3n) is 2.78. The molecule has 0 atom stereocenters. The predicted octanol–water partition coefficient (Wildman–Crippen LogP) is 2.55. The van der Waals surface area contributed by atoms with Gasteiger partial charge < -0.3 is 0 Å². The molecule has 21 heavy (non-hydrogen) atoms. The smallest absolute Gasteiger partial charge is 0.161 e. The van der Waals surface area contributed by atoms with E-state index in [1.807, 2.05) is 18.2 Å². The Labute approximate surface area is 119 Å². The van der Waals surface area contributed by atoms with E-state index in [2.05, 4.69) is 27.0 Å². The van der Waals surface area contributed by atoms with Crippen LogP contribution >= 0.6 is 0 Å². The molecule has 0 amide bonds. The van der Waals surface area contributed by atoms with Crippen molar-refractivity contribution < 1.29 is 8.78 Å². The van der Waals surface area contributed by atoms with Crippen molar-refractivity contribution >= 4 is 11.0 Å². The Kier molecular flexibility index (Phi) is 3.56. The first kappa shape index (κ1) is 13.2. The number of hydrogen-bond donors (Lipinski definition) is 0. The molecule has 0 radical (unpaired) electrons. The average molecular weight is 284 g/mol. The Bertz CT molecular complexity index is 792. The molecule has 3 rings (SSSR count). The van der Waals surface area contributed by atoms with E-state index in [0.29, 0.717) is 29.7 Å². The van der Waals surface area contributed by atoms with Crippen LogP contribution in [0.2, 0.25) is 0 Å². The van der Waals surface area contributed by atoms with Gasteiger partial charge in [0, 0.05) is 24.8 Å². The van der Waals surface area contributed by atoms with Crippen LogP contribution in [0.5, 0.6) is 0 Å². The monoisotopic (exact) mass is 284 g/mol. The molecule has 0 unspecified atom stereocenters. The maximum Gasteiger partial charge on any atom is 0.161 e. The van der Waals surface area contributed by atoms with E-state index in [0.717, 1.165) is 12.1 Å². The van der Waals surface area contributed by atoms with Crippen molar-refractivity contribution in [3.8, 4) is 11.8 Å². The summed E-state index contributed by atoms with van der Waals surface area (Å²) >= 11 is 0. The molecule has 3 aromatic rings. The molecule has 1 aromatic carbocycles. The van der Waals surface area contributed by atoms with Gasteiger partial charge in [-0.3, -0.25) is 0 Å². The number of fused-ring (bicyclic) bond motifs is 1. The molecule has 2 aromatic heterocycles. The lowest BCUT2D eigenvalue weighted by atomic mass is 10.3. The van der Waals surface area contributed by atoms with Gasteiger partial charge in [-0.05, 0) is 18.1 Å². The normalized spacial score (nSPS) is 10.4. The second-order valence-electron chi connectivity index (χ2n) is 4.32. The minimum Gasteiger partial charge on any atom is -0.248 e. The van der Waals surface area contributed by atoms with Gasteiger partial charge >= 0.3 is 0 Å². The summed E-state index contributed by atoms with van der Waals surface area (Å²) in [5.74, 6) is 4.02. The quantitative estimate of drug-likeness (QED) is 0.679. The number of hydrogen-bond acceptors (Lipinski definition) is 3. The van der Waals surface area contributed by atoms with E-state index in [4.69, 9.17) is 0 Å². The zero-order chi connectivity index (χ0) is 14.7. The van der Waals surface area contributed by atoms with E-state index in [9.17, 15) is 8.78 Å². The zero-order valence-corrected chi connectivity index (χ0v) is 10.9. The SMILES string of the molecule is Fc1cc2nn(CCC#Cc3ccccn3)nc2cc1F. The fraction of sp³-hybridized carbons (Fsp3) is 0.133. The molecule has 0 aliphatic carbocycles. The molecule has 2 heterocycles. The largest absolute Gasteiger partial charge is 0.248 e. The van der Waals surface area contributed by atoms with Crippen LogP contribution in [-0.2, 0) is 6.54 Å². The first-order chi connectivity index (χ1) is 10.2. The van der Waals surface area contributed by atoms with Crippen LogP contribution in [0.3, 0.4) is 0 Å². The highest BCUT2D eigenvalue weighted by molar-refractivity contribution is 5.73.